The zero-order valence-electron chi connectivity index (χ0n) is 11.7. The van der Waals surface area contributed by atoms with Crippen LogP contribution in [0.3, 0.4) is 0 Å². The predicted octanol–water partition coefficient (Wildman–Crippen LogP) is 2.81. The van der Waals surface area contributed by atoms with Gasteiger partial charge in [0, 0.05) is 18.6 Å². The van der Waals surface area contributed by atoms with E-state index >= 15 is 0 Å². The standard InChI is InChI=1S/C15H28N2/c1-4-13-11-15(13)16-14-6-9-17(10-7-14)8-5-12(2)3/h5,13-16H,4,6-11H2,1-3H3. The molecule has 0 radical (unpaired) electrons. The van der Waals surface area contributed by atoms with Gasteiger partial charge in [-0.2, -0.15) is 0 Å². The zero-order valence-corrected chi connectivity index (χ0v) is 11.7. The highest BCUT2D eigenvalue weighted by molar-refractivity contribution is 4.97. The molecule has 2 atom stereocenters. The molecular weight excluding hydrogens is 208 g/mol. The molecule has 0 aromatic carbocycles. The lowest BCUT2D eigenvalue weighted by molar-refractivity contribution is 0.213. The first-order valence-corrected chi connectivity index (χ1v) is 7.30. The molecule has 17 heavy (non-hydrogen) atoms. The van der Waals surface area contributed by atoms with Crippen LogP contribution in [-0.2, 0) is 0 Å². The van der Waals surface area contributed by atoms with Gasteiger partial charge in [0.15, 0.2) is 0 Å². The highest BCUT2D eigenvalue weighted by Gasteiger charge is 2.36. The maximum absolute atomic E-state index is 3.84. The van der Waals surface area contributed by atoms with Crippen LogP contribution >= 0.6 is 0 Å². The molecule has 1 saturated carbocycles. The number of nitrogens with one attached hydrogen (secondary N) is 1. The van der Waals surface area contributed by atoms with E-state index in [1.807, 2.05) is 0 Å². The van der Waals surface area contributed by atoms with Gasteiger partial charge in [0.2, 0.25) is 0 Å². The highest BCUT2D eigenvalue weighted by Crippen LogP contribution is 2.34. The van der Waals surface area contributed by atoms with Crippen molar-refractivity contribution in [2.45, 2.75) is 58.5 Å². The number of rotatable bonds is 5. The van der Waals surface area contributed by atoms with Crippen LogP contribution in [0, 0.1) is 5.92 Å². The second-order valence-electron chi connectivity index (χ2n) is 6.03. The summed E-state index contributed by atoms with van der Waals surface area (Å²) in [6, 6.07) is 1.65. The van der Waals surface area contributed by atoms with Crippen LogP contribution in [0.2, 0.25) is 0 Å². The largest absolute Gasteiger partial charge is 0.311 e. The fourth-order valence-electron chi connectivity index (χ4n) is 2.80. The molecule has 98 valence electrons. The van der Waals surface area contributed by atoms with Crippen molar-refractivity contribution >= 4 is 0 Å². The maximum atomic E-state index is 3.84. The number of piperidine rings is 1. The monoisotopic (exact) mass is 236 g/mol. The Morgan fingerprint density at radius 1 is 1.29 bits per heavy atom. The van der Waals surface area contributed by atoms with Gasteiger partial charge in [0.25, 0.3) is 0 Å². The number of nitrogens with zero attached hydrogens (tertiary/aromatic N) is 1. The second-order valence-corrected chi connectivity index (χ2v) is 6.03. The molecule has 2 nitrogen and oxygen atoms in total. The van der Waals surface area contributed by atoms with Crippen molar-refractivity contribution in [1.29, 1.82) is 0 Å². The lowest BCUT2D eigenvalue weighted by Crippen LogP contribution is -2.43. The minimum atomic E-state index is 0.791. The van der Waals surface area contributed by atoms with Crippen molar-refractivity contribution in [3.05, 3.63) is 11.6 Å². The first-order chi connectivity index (χ1) is 8.19. The molecule has 2 rings (SSSR count). The van der Waals surface area contributed by atoms with Crippen molar-refractivity contribution in [3.63, 3.8) is 0 Å². The smallest absolute Gasteiger partial charge is 0.0165 e. The Morgan fingerprint density at radius 3 is 2.53 bits per heavy atom. The molecule has 2 fully saturated rings. The van der Waals surface area contributed by atoms with Gasteiger partial charge in [0.1, 0.15) is 0 Å². The van der Waals surface area contributed by atoms with E-state index in [2.05, 4.69) is 37.1 Å². The van der Waals surface area contributed by atoms with Gasteiger partial charge in [-0.1, -0.05) is 25.0 Å². The zero-order chi connectivity index (χ0) is 12.3. The number of allylic oxidation sites excluding steroid dienone is 1. The Labute approximate surface area is 106 Å². The van der Waals surface area contributed by atoms with Gasteiger partial charge in [-0.25, -0.2) is 0 Å². The van der Waals surface area contributed by atoms with E-state index in [9.17, 15) is 0 Å². The molecule has 2 aliphatic rings. The van der Waals surface area contributed by atoms with Gasteiger partial charge < -0.3 is 5.32 Å². The predicted molar refractivity (Wildman–Crippen MR) is 74.2 cm³/mol. The van der Waals surface area contributed by atoms with Gasteiger partial charge >= 0.3 is 0 Å². The summed E-state index contributed by atoms with van der Waals surface area (Å²) < 4.78 is 0. The summed E-state index contributed by atoms with van der Waals surface area (Å²) in [5.74, 6) is 0.985. The fourth-order valence-corrected chi connectivity index (χ4v) is 2.80. The van der Waals surface area contributed by atoms with Crippen LogP contribution in [0.25, 0.3) is 0 Å². The first kappa shape index (κ1) is 13.1. The molecule has 1 aliphatic carbocycles. The van der Waals surface area contributed by atoms with Gasteiger partial charge in [-0.05, 0) is 52.1 Å². The van der Waals surface area contributed by atoms with Gasteiger partial charge in [0.05, 0.1) is 0 Å². The van der Waals surface area contributed by atoms with Crippen molar-refractivity contribution in [2.24, 2.45) is 5.92 Å². The third kappa shape index (κ3) is 4.11. The summed E-state index contributed by atoms with van der Waals surface area (Å²) in [5.41, 5.74) is 1.44. The van der Waals surface area contributed by atoms with E-state index in [1.54, 1.807) is 0 Å². The van der Waals surface area contributed by atoms with Crippen molar-refractivity contribution in [3.8, 4) is 0 Å². The molecule has 0 aromatic rings. The molecule has 0 amide bonds. The Kier molecular flexibility index (Phi) is 4.63. The van der Waals surface area contributed by atoms with Crippen molar-refractivity contribution in [2.75, 3.05) is 19.6 Å². The summed E-state index contributed by atoms with van der Waals surface area (Å²) in [4.78, 5) is 2.58. The number of likely N-dealkylation sites (tertiary alicyclic amines) is 1. The van der Waals surface area contributed by atoms with Gasteiger partial charge in [-0.15, -0.1) is 0 Å². The van der Waals surface area contributed by atoms with Crippen LogP contribution in [0.5, 0.6) is 0 Å². The SMILES string of the molecule is CCC1CC1NC1CCN(CC=C(C)C)CC1. The summed E-state index contributed by atoms with van der Waals surface area (Å²) in [7, 11) is 0. The van der Waals surface area contributed by atoms with Crippen LogP contribution in [0.4, 0.5) is 0 Å². The van der Waals surface area contributed by atoms with E-state index in [4.69, 9.17) is 0 Å². The summed E-state index contributed by atoms with van der Waals surface area (Å²) in [5, 5.41) is 3.84. The Bertz CT molecular complexity index is 260. The fraction of sp³-hybridized carbons (Fsp3) is 0.867. The summed E-state index contributed by atoms with van der Waals surface area (Å²) in [6.07, 6.45) is 7.81. The van der Waals surface area contributed by atoms with Crippen LogP contribution in [0.1, 0.15) is 46.5 Å². The first-order valence-electron chi connectivity index (χ1n) is 7.30. The minimum absolute atomic E-state index is 0.791. The van der Waals surface area contributed by atoms with E-state index in [-0.39, 0.29) is 0 Å². The normalized spacial score (nSPS) is 30.3. The molecule has 2 heteroatoms. The molecule has 2 unspecified atom stereocenters. The minimum Gasteiger partial charge on any atom is -0.311 e. The number of hydrogen-bond donors (Lipinski definition) is 1. The highest BCUT2D eigenvalue weighted by atomic mass is 15.1. The lowest BCUT2D eigenvalue weighted by atomic mass is 10.0. The van der Waals surface area contributed by atoms with Crippen LogP contribution < -0.4 is 5.32 Å². The average Bonchev–Trinajstić information content (AvgIpc) is 3.06. The topological polar surface area (TPSA) is 15.3 Å². The Balaban J connectivity index is 1.63. The molecule has 0 bridgehead atoms. The van der Waals surface area contributed by atoms with Crippen molar-refractivity contribution < 1.29 is 0 Å². The maximum Gasteiger partial charge on any atom is 0.0165 e. The molecule has 0 spiro atoms. The van der Waals surface area contributed by atoms with E-state index in [0.29, 0.717) is 0 Å². The lowest BCUT2D eigenvalue weighted by Gasteiger charge is -2.32. The second kappa shape index (κ2) is 6.01. The molecular formula is C15H28N2. The summed E-state index contributed by atoms with van der Waals surface area (Å²) in [6.45, 7) is 10.4. The van der Waals surface area contributed by atoms with Crippen LogP contribution in [0.15, 0.2) is 11.6 Å². The third-order valence-electron chi connectivity index (χ3n) is 4.24. The summed E-state index contributed by atoms with van der Waals surface area (Å²) >= 11 is 0. The Morgan fingerprint density at radius 2 is 2.00 bits per heavy atom. The van der Waals surface area contributed by atoms with E-state index < -0.39 is 0 Å². The molecule has 0 aromatic heterocycles. The molecule has 1 N–H and O–H groups in total. The quantitative estimate of drug-likeness (QED) is 0.738. The van der Waals surface area contributed by atoms with Gasteiger partial charge in [-0.3, -0.25) is 4.90 Å². The van der Waals surface area contributed by atoms with E-state index in [0.717, 1.165) is 24.5 Å². The van der Waals surface area contributed by atoms with Crippen molar-refractivity contribution in [1.82, 2.24) is 10.2 Å². The third-order valence-corrected chi connectivity index (χ3v) is 4.24. The Hall–Kier alpha value is -0.340. The average molecular weight is 236 g/mol. The van der Waals surface area contributed by atoms with E-state index in [1.165, 1.54) is 44.3 Å². The molecule has 1 aliphatic heterocycles. The molecule has 1 saturated heterocycles. The van der Waals surface area contributed by atoms with Crippen LogP contribution in [-0.4, -0.2) is 36.6 Å². The molecule has 1 heterocycles. The number of hydrogen-bond acceptors (Lipinski definition) is 2.